The second-order valence-corrected chi connectivity index (χ2v) is 15.5. The quantitative estimate of drug-likeness (QED) is 0.0354. The normalized spacial score (nSPS) is 11.9. The van der Waals surface area contributed by atoms with E-state index in [0.717, 1.165) is 38.8 Å². The molecule has 0 radical (unpaired) electrons. The van der Waals surface area contributed by atoms with Crippen LogP contribution in [-0.4, -0.2) is 75.2 Å². The van der Waals surface area contributed by atoms with Crippen molar-refractivity contribution in [1.29, 1.82) is 0 Å². The molecule has 0 fully saturated rings. The van der Waals surface area contributed by atoms with Gasteiger partial charge in [0.1, 0.15) is 0 Å². The Balaban J connectivity index is 3.79. The van der Waals surface area contributed by atoms with Gasteiger partial charge in [0, 0.05) is 26.2 Å². The summed E-state index contributed by atoms with van der Waals surface area (Å²) in [4.78, 5) is 29.1. The zero-order chi connectivity index (χ0) is 38.0. The van der Waals surface area contributed by atoms with Crippen molar-refractivity contribution in [3.63, 3.8) is 0 Å². The monoisotopic (exact) mass is 733 g/mol. The average molecular weight is 733 g/mol. The number of unbranched alkanes of at least 4 members (excludes halogenated alkanes) is 24. The van der Waals surface area contributed by atoms with Crippen molar-refractivity contribution in [3.05, 3.63) is 24.3 Å². The maximum absolute atomic E-state index is 12.4. The molecule has 0 atom stereocenters. The number of carbonyl (C=O) groups is 2. The molecule has 0 spiro atoms. The van der Waals surface area contributed by atoms with E-state index in [4.69, 9.17) is 9.47 Å². The van der Waals surface area contributed by atoms with Crippen molar-refractivity contribution in [2.24, 2.45) is 0 Å². The van der Waals surface area contributed by atoms with Crippen molar-refractivity contribution in [2.45, 2.75) is 206 Å². The molecule has 0 bridgehead atoms. The fourth-order valence-corrected chi connectivity index (χ4v) is 6.39. The van der Waals surface area contributed by atoms with Crippen LogP contribution in [0.4, 0.5) is 0 Å². The molecule has 0 aliphatic rings. The second kappa shape index (κ2) is 42.1. The molecule has 0 aliphatic carbocycles. The number of ether oxygens (including phenoxy) is 2. The molecule has 0 heterocycles. The highest BCUT2D eigenvalue weighted by Crippen LogP contribution is 2.12. The van der Waals surface area contributed by atoms with Gasteiger partial charge < -0.3 is 19.3 Å². The summed E-state index contributed by atoms with van der Waals surface area (Å²) in [7, 11) is 4.09. The number of nitrogens with zero attached hydrogens (tertiary/aromatic N) is 2. The topological polar surface area (TPSA) is 59.1 Å². The van der Waals surface area contributed by atoms with Crippen molar-refractivity contribution < 1.29 is 19.1 Å². The van der Waals surface area contributed by atoms with Gasteiger partial charge in [0.25, 0.3) is 0 Å². The molecular weight excluding hydrogens is 645 g/mol. The van der Waals surface area contributed by atoms with E-state index in [1.54, 1.807) is 0 Å². The molecule has 0 aromatic rings. The van der Waals surface area contributed by atoms with Gasteiger partial charge in [0.15, 0.2) is 0 Å². The first-order valence-corrected chi connectivity index (χ1v) is 22.5. The number of rotatable bonds is 41. The summed E-state index contributed by atoms with van der Waals surface area (Å²) < 4.78 is 11.1. The summed E-state index contributed by atoms with van der Waals surface area (Å²) in [5.41, 5.74) is 0. The lowest BCUT2D eigenvalue weighted by atomic mass is 10.1. The molecule has 0 saturated heterocycles. The Morgan fingerprint density at radius 3 is 1.04 bits per heavy atom. The SMILES string of the molecule is CCCCCCCC/C=C\CCCCCCCCOC(=O)CCN(CCC(=O)OCCCCCCCC/C=C\CCCCCCCC)CCN(C)C. The smallest absolute Gasteiger partial charge is 0.307 e. The minimum absolute atomic E-state index is 0.134. The Bertz CT molecular complexity index is 752. The Morgan fingerprint density at radius 1 is 0.404 bits per heavy atom. The standard InChI is InChI=1S/C46H88N2O4/c1-5-7-9-11-13-15-17-19-21-23-25-27-29-31-33-35-43-51-45(49)37-39-48(42-41-47(3)4)40-38-46(50)52-44-36-34-32-30-28-26-24-22-20-18-16-14-12-10-8-6-2/h19-22H,5-18,23-44H2,1-4H3/b21-19-,22-20-. The lowest BCUT2D eigenvalue weighted by molar-refractivity contribution is -0.144. The molecule has 0 aromatic carbocycles. The van der Waals surface area contributed by atoms with E-state index >= 15 is 0 Å². The van der Waals surface area contributed by atoms with Crippen LogP contribution in [0.5, 0.6) is 0 Å². The Labute approximate surface area is 324 Å². The molecule has 0 aliphatic heterocycles. The van der Waals surface area contributed by atoms with Crippen LogP contribution in [0.25, 0.3) is 0 Å². The van der Waals surface area contributed by atoms with Crippen LogP contribution in [0.1, 0.15) is 206 Å². The number of allylic oxidation sites excluding steroid dienone is 4. The molecule has 306 valence electrons. The van der Waals surface area contributed by atoms with Crippen LogP contribution in [-0.2, 0) is 19.1 Å². The van der Waals surface area contributed by atoms with Gasteiger partial charge in [0.05, 0.1) is 26.1 Å². The zero-order valence-corrected chi connectivity index (χ0v) is 35.3. The van der Waals surface area contributed by atoms with Crippen molar-refractivity contribution in [1.82, 2.24) is 9.80 Å². The van der Waals surface area contributed by atoms with Gasteiger partial charge >= 0.3 is 11.9 Å². The highest BCUT2D eigenvalue weighted by molar-refractivity contribution is 5.70. The maximum atomic E-state index is 12.4. The van der Waals surface area contributed by atoms with E-state index in [1.807, 2.05) is 14.1 Å². The fourth-order valence-electron chi connectivity index (χ4n) is 6.39. The van der Waals surface area contributed by atoms with Crippen molar-refractivity contribution in [3.8, 4) is 0 Å². The highest BCUT2D eigenvalue weighted by atomic mass is 16.5. The maximum Gasteiger partial charge on any atom is 0.307 e. The molecule has 6 nitrogen and oxygen atoms in total. The van der Waals surface area contributed by atoms with Gasteiger partial charge in [-0.3, -0.25) is 9.59 Å². The van der Waals surface area contributed by atoms with Gasteiger partial charge in [-0.15, -0.1) is 0 Å². The van der Waals surface area contributed by atoms with Gasteiger partial charge in [-0.05, 0) is 78.3 Å². The van der Waals surface area contributed by atoms with E-state index in [2.05, 4.69) is 48.0 Å². The number of likely N-dealkylation sites (N-methyl/N-ethyl adjacent to an activating group) is 1. The summed E-state index contributed by atoms with van der Waals surface area (Å²) in [5.74, 6) is -0.268. The van der Waals surface area contributed by atoms with Crippen LogP contribution in [0.2, 0.25) is 0 Å². The Morgan fingerprint density at radius 2 is 0.712 bits per heavy atom. The first-order valence-electron chi connectivity index (χ1n) is 22.5. The van der Waals surface area contributed by atoms with Crippen LogP contribution in [0, 0.1) is 0 Å². The predicted octanol–water partition coefficient (Wildman–Crippen LogP) is 12.8. The Kier molecular flexibility index (Phi) is 40.7. The van der Waals surface area contributed by atoms with Gasteiger partial charge in [-0.25, -0.2) is 0 Å². The molecule has 0 saturated carbocycles. The summed E-state index contributed by atoms with van der Waals surface area (Å²) in [6.07, 6.45) is 45.8. The summed E-state index contributed by atoms with van der Waals surface area (Å²) in [6.45, 7) is 8.50. The molecule has 0 unspecified atom stereocenters. The number of esters is 2. The predicted molar refractivity (Wildman–Crippen MR) is 225 cm³/mol. The van der Waals surface area contributed by atoms with E-state index in [1.165, 1.54) is 154 Å². The summed E-state index contributed by atoms with van der Waals surface area (Å²) in [5, 5.41) is 0. The van der Waals surface area contributed by atoms with Crippen molar-refractivity contribution in [2.75, 3.05) is 53.5 Å². The molecule has 0 aromatic heterocycles. The number of carbonyl (C=O) groups excluding carboxylic acids is 2. The third kappa shape index (κ3) is 41.1. The lowest BCUT2D eigenvalue weighted by Crippen LogP contribution is -2.35. The van der Waals surface area contributed by atoms with E-state index in [-0.39, 0.29) is 11.9 Å². The second-order valence-electron chi connectivity index (χ2n) is 15.5. The first kappa shape index (κ1) is 50.3. The summed E-state index contributed by atoms with van der Waals surface area (Å²) >= 11 is 0. The van der Waals surface area contributed by atoms with Crippen molar-refractivity contribution >= 4 is 11.9 Å². The Hall–Kier alpha value is -1.66. The van der Waals surface area contributed by atoms with Crippen LogP contribution >= 0.6 is 0 Å². The zero-order valence-electron chi connectivity index (χ0n) is 35.3. The molecule has 6 heteroatoms. The van der Waals surface area contributed by atoms with Crippen LogP contribution < -0.4 is 0 Å². The molecular formula is C46H88N2O4. The lowest BCUT2D eigenvalue weighted by Gasteiger charge is -2.23. The molecule has 0 N–H and O–H groups in total. The average Bonchev–Trinajstić information content (AvgIpc) is 3.13. The fraction of sp³-hybridized carbons (Fsp3) is 0.870. The number of hydrogen-bond acceptors (Lipinski definition) is 6. The van der Waals surface area contributed by atoms with E-state index < -0.39 is 0 Å². The number of hydrogen-bond donors (Lipinski definition) is 0. The van der Waals surface area contributed by atoms with Gasteiger partial charge in [0.2, 0.25) is 0 Å². The van der Waals surface area contributed by atoms with Gasteiger partial charge in [-0.1, -0.05) is 154 Å². The van der Waals surface area contributed by atoms with Crippen LogP contribution in [0.3, 0.4) is 0 Å². The highest BCUT2D eigenvalue weighted by Gasteiger charge is 2.13. The third-order valence-corrected chi connectivity index (χ3v) is 9.97. The third-order valence-electron chi connectivity index (χ3n) is 9.97. The van der Waals surface area contributed by atoms with E-state index in [9.17, 15) is 9.59 Å². The van der Waals surface area contributed by atoms with Crippen LogP contribution in [0.15, 0.2) is 24.3 Å². The molecule has 0 amide bonds. The first-order chi connectivity index (χ1) is 25.5. The van der Waals surface area contributed by atoms with Gasteiger partial charge in [-0.2, -0.15) is 0 Å². The molecule has 52 heavy (non-hydrogen) atoms. The van der Waals surface area contributed by atoms with E-state index in [0.29, 0.717) is 39.1 Å². The minimum Gasteiger partial charge on any atom is -0.466 e. The summed E-state index contributed by atoms with van der Waals surface area (Å²) in [6, 6.07) is 0. The molecule has 0 rings (SSSR count). The minimum atomic E-state index is -0.134. The largest absolute Gasteiger partial charge is 0.466 e.